The van der Waals surface area contributed by atoms with Crippen LogP contribution in [-0.2, 0) is 27.7 Å². The standard InChI is InChI=1S/C19H29ClN2O3S/c1-4-12-26(24,25)22-11-7-8-15(13-22)19(23)21-18-14(5-2)9-10-17(20)16(18)6-3/h9-10,15H,4-8,11-13H2,1-3H3,(H,21,23). The summed E-state index contributed by atoms with van der Waals surface area (Å²) in [7, 11) is -3.27. The lowest BCUT2D eigenvalue weighted by atomic mass is 9.97. The highest BCUT2D eigenvalue weighted by Crippen LogP contribution is 2.31. The second kappa shape index (κ2) is 9.20. The Balaban J connectivity index is 2.19. The Labute approximate surface area is 162 Å². The third-order valence-electron chi connectivity index (χ3n) is 4.94. The van der Waals surface area contributed by atoms with Crippen LogP contribution in [0.5, 0.6) is 0 Å². The lowest BCUT2D eigenvalue weighted by molar-refractivity contribution is -0.120. The van der Waals surface area contributed by atoms with Gasteiger partial charge in [0.2, 0.25) is 15.9 Å². The van der Waals surface area contributed by atoms with Crippen LogP contribution in [0.15, 0.2) is 12.1 Å². The van der Waals surface area contributed by atoms with E-state index in [2.05, 4.69) is 5.32 Å². The molecule has 1 N–H and O–H groups in total. The summed E-state index contributed by atoms with van der Waals surface area (Å²) in [6, 6.07) is 3.81. The molecule has 0 bridgehead atoms. The highest BCUT2D eigenvalue weighted by molar-refractivity contribution is 7.89. The summed E-state index contributed by atoms with van der Waals surface area (Å²) in [6.45, 7) is 6.67. The molecule has 1 aliphatic rings. The first-order chi connectivity index (χ1) is 12.3. The molecule has 26 heavy (non-hydrogen) atoms. The van der Waals surface area contributed by atoms with Gasteiger partial charge in [-0.2, -0.15) is 0 Å². The number of hydrogen-bond acceptors (Lipinski definition) is 3. The number of anilines is 1. The van der Waals surface area contributed by atoms with E-state index in [9.17, 15) is 13.2 Å². The molecule has 0 aliphatic carbocycles. The van der Waals surface area contributed by atoms with Crippen molar-refractivity contribution in [3.05, 3.63) is 28.3 Å². The number of rotatable bonds is 7. The van der Waals surface area contributed by atoms with Gasteiger partial charge in [-0.25, -0.2) is 12.7 Å². The fourth-order valence-corrected chi connectivity index (χ4v) is 5.37. The van der Waals surface area contributed by atoms with E-state index in [1.54, 1.807) is 0 Å². The van der Waals surface area contributed by atoms with Gasteiger partial charge in [0.15, 0.2) is 0 Å². The molecule has 1 fully saturated rings. The number of carbonyl (C=O) groups excluding carboxylic acids is 1. The van der Waals surface area contributed by atoms with Crippen LogP contribution in [0.1, 0.15) is 51.2 Å². The van der Waals surface area contributed by atoms with E-state index in [0.717, 1.165) is 29.7 Å². The summed E-state index contributed by atoms with van der Waals surface area (Å²) in [4.78, 5) is 12.9. The number of halogens is 1. The predicted octanol–water partition coefficient (Wildman–Crippen LogP) is 3.86. The van der Waals surface area contributed by atoms with Crippen molar-refractivity contribution in [2.45, 2.75) is 52.9 Å². The number of benzene rings is 1. The summed E-state index contributed by atoms with van der Waals surface area (Å²) in [6.07, 6.45) is 3.51. The normalized spacial score (nSPS) is 18.7. The van der Waals surface area contributed by atoms with Gasteiger partial charge in [-0.1, -0.05) is 38.4 Å². The van der Waals surface area contributed by atoms with Gasteiger partial charge < -0.3 is 5.32 Å². The Morgan fingerprint density at radius 3 is 2.62 bits per heavy atom. The molecule has 1 saturated heterocycles. The average Bonchev–Trinajstić information content (AvgIpc) is 2.62. The van der Waals surface area contributed by atoms with Gasteiger partial charge in [0.05, 0.1) is 11.7 Å². The van der Waals surface area contributed by atoms with Crippen LogP contribution < -0.4 is 5.32 Å². The molecule has 1 aromatic carbocycles. The van der Waals surface area contributed by atoms with Crippen molar-refractivity contribution in [3.63, 3.8) is 0 Å². The minimum atomic E-state index is -3.27. The maximum atomic E-state index is 12.9. The molecule has 146 valence electrons. The molecule has 1 aliphatic heterocycles. The van der Waals surface area contributed by atoms with E-state index in [0.29, 0.717) is 30.8 Å². The van der Waals surface area contributed by atoms with Gasteiger partial charge >= 0.3 is 0 Å². The molecule has 5 nitrogen and oxygen atoms in total. The molecule has 0 saturated carbocycles. The Hall–Kier alpha value is -1.11. The Morgan fingerprint density at radius 1 is 1.27 bits per heavy atom. The highest BCUT2D eigenvalue weighted by atomic mass is 35.5. The first kappa shape index (κ1) is 21.2. The molecule has 1 amide bonds. The third-order valence-corrected chi connectivity index (χ3v) is 7.33. The first-order valence-electron chi connectivity index (χ1n) is 9.42. The maximum absolute atomic E-state index is 12.9. The average molecular weight is 401 g/mol. The van der Waals surface area contributed by atoms with Gasteiger partial charge in [-0.3, -0.25) is 4.79 Å². The number of nitrogens with one attached hydrogen (secondary N) is 1. The fraction of sp³-hybridized carbons (Fsp3) is 0.632. The van der Waals surface area contributed by atoms with Crippen molar-refractivity contribution >= 4 is 33.2 Å². The highest BCUT2D eigenvalue weighted by Gasteiger charge is 2.32. The topological polar surface area (TPSA) is 66.5 Å². The van der Waals surface area contributed by atoms with Crippen molar-refractivity contribution < 1.29 is 13.2 Å². The number of aryl methyl sites for hydroxylation is 1. The van der Waals surface area contributed by atoms with Gasteiger partial charge in [0, 0.05) is 23.8 Å². The van der Waals surface area contributed by atoms with Crippen LogP contribution in [0, 0.1) is 5.92 Å². The minimum Gasteiger partial charge on any atom is -0.325 e. The number of carbonyl (C=O) groups is 1. The molecule has 1 atom stereocenters. The summed E-state index contributed by atoms with van der Waals surface area (Å²) >= 11 is 6.31. The lowest BCUT2D eigenvalue weighted by Crippen LogP contribution is -2.44. The number of amides is 1. The molecule has 0 aromatic heterocycles. The van der Waals surface area contributed by atoms with Crippen LogP contribution >= 0.6 is 11.6 Å². The Morgan fingerprint density at radius 2 is 2.00 bits per heavy atom. The Bertz CT molecular complexity index is 749. The SMILES string of the molecule is CCCS(=O)(=O)N1CCCC(C(=O)Nc2c(CC)ccc(Cl)c2CC)C1. The number of piperidine rings is 1. The number of sulfonamides is 1. The van der Waals surface area contributed by atoms with E-state index in [4.69, 9.17) is 11.6 Å². The molecule has 7 heteroatoms. The van der Waals surface area contributed by atoms with Crippen LogP contribution in [0.25, 0.3) is 0 Å². The first-order valence-corrected chi connectivity index (χ1v) is 11.4. The van der Waals surface area contributed by atoms with Crippen LogP contribution in [-0.4, -0.2) is 37.5 Å². The Kier molecular flexibility index (Phi) is 7.50. The monoisotopic (exact) mass is 400 g/mol. The molecule has 1 aromatic rings. The summed E-state index contributed by atoms with van der Waals surface area (Å²) in [5, 5.41) is 3.70. The zero-order chi connectivity index (χ0) is 19.3. The molecule has 1 heterocycles. The quantitative estimate of drug-likeness (QED) is 0.755. The van der Waals surface area contributed by atoms with E-state index in [1.807, 2.05) is 32.9 Å². The number of nitrogens with zero attached hydrogens (tertiary/aromatic N) is 1. The minimum absolute atomic E-state index is 0.118. The van der Waals surface area contributed by atoms with Crippen molar-refractivity contribution in [1.82, 2.24) is 4.31 Å². The fourth-order valence-electron chi connectivity index (χ4n) is 3.49. The van der Waals surface area contributed by atoms with Crippen molar-refractivity contribution in [1.29, 1.82) is 0 Å². The molecule has 2 rings (SSSR count). The zero-order valence-corrected chi connectivity index (χ0v) is 17.4. The van der Waals surface area contributed by atoms with Gasteiger partial charge in [-0.05, 0) is 49.3 Å². The van der Waals surface area contributed by atoms with E-state index >= 15 is 0 Å². The molecular formula is C19H29ClN2O3S. The second-order valence-corrected chi connectivity index (χ2v) is 9.27. The second-order valence-electron chi connectivity index (χ2n) is 6.77. The molecule has 0 spiro atoms. The van der Waals surface area contributed by atoms with E-state index < -0.39 is 10.0 Å². The van der Waals surface area contributed by atoms with E-state index in [1.165, 1.54) is 4.31 Å². The summed E-state index contributed by atoms with van der Waals surface area (Å²) < 4.78 is 26.1. The van der Waals surface area contributed by atoms with Crippen LogP contribution in [0.4, 0.5) is 5.69 Å². The summed E-state index contributed by atoms with van der Waals surface area (Å²) in [5.41, 5.74) is 2.78. The molecular weight excluding hydrogens is 372 g/mol. The number of hydrogen-bond donors (Lipinski definition) is 1. The van der Waals surface area contributed by atoms with Gasteiger partial charge in [0.25, 0.3) is 0 Å². The van der Waals surface area contributed by atoms with Crippen molar-refractivity contribution in [2.75, 3.05) is 24.2 Å². The van der Waals surface area contributed by atoms with Crippen molar-refractivity contribution in [3.8, 4) is 0 Å². The lowest BCUT2D eigenvalue weighted by Gasteiger charge is -2.31. The van der Waals surface area contributed by atoms with Gasteiger partial charge in [0.1, 0.15) is 0 Å². The van der Waals surface area contributed by atoms with E-state index in [-0.39, 0.29) is 24.1 Å². The summed E-state index contributed by atoms with van der Waals surface area (Å²) in [5.74, 6) is -0.313. The van der Waals surface area contributed by atoms with Crippen molar-refractivity contribution in [2.24, 2.45) is 5.92 Å². The molecule has 1 unspecified atom stereocenters. The van der Waals surface area contributed by atoms with Crippen LogP contribution in [0.2, 0.25) is 5.02 Å². The molecule has 0 radical (unpaired) electrons. The van der Waals surface area contributed by atoms with Crippen LogP contribution in [0.3, 0.4) is 0 Å². The predicted molar refractivity (Wildman–Crippen MR) is 107 cm³/mol. The zero-order valence-electron chi connectivity index (χ0n) is 15.8. The maximum Gasteiger partial charge on any atom is 0.228 e. The third kappa shape index (κ3) is 4.78. The smallest absolute Gasteiger partial charge is 0.228 e. The largest absolute Gasteiger partial charge is 0.325 e. The van der Waals surface area contributed by atoms with Gasteiger partial charge in [-0.15, -0.1) is 0 Å².